The summed E-state index contributed by atoms with van der Waals surface area (Å²) in [4.78, 5) is 25.3. The van der Waals surface area contributed by atoms with Crippen molar-refractivity contribution in [2.45, 2.75) is 13.1 Å². The molecule has 3 N–H and O–H groups in total. The molecule has 4 rings (SSSR count). The molecule has 0 aliphatic rings. The third kappa shape index (κ3) is 6.25. The maximum absolute atomic E-state index is 12.8. The van der Waals surface area contributed by atoms with E-state index >= 15 is 0 Å². The lowest BCUT2D eigenvalue weighted by Crippen LogP contribution is -2.20. The van der Waals surface area contributed by atoms with Crippen LogP contribution in [-0.2, 0) is 6.18 Å². The smallest absolute Gasteiger partial charge is 0.416 e. The molecule has 12 heteroatoms. The molecule has 37 heavy (non-hydrogen) atoms. The number of nitrogens with one attached hydrogen (secondary N) is 3. The number of aryl methyl sites for hydroxylation is 1. The van der Waals surface area contributed by atoms with Crippen LogP contribution in [0.15, 0.2) is 67.0 Å². The predicted molar refractivity (Wildman–Crippen MR) is 135 cm³/mol. The van der Waals surface area contributed by atoms with E-state index in [-0.39, 0.29) is 10.7 Å². The molecular weight excluding hydrogens is 509 g/mol. The summed E-state index contributed by atoms with van der Waals surface area (Å²) >= 11 is 5.90. The summed E-state index contributed by atoms with van der Waals surface area (Å²) in [6, 6.07) is 12.3. The number of ether oxygens (including phenoxy) is 1. The van der Waals surface area contributed by atoms with Gasteiger partial charge >= 0.3 is 12.2 Å². The largest absolute Gasteiger partial charge is 0.438 e. The van der Waals surface area contributed by atoms with Crippen molar-refractivity contribution in [3.63, 3.8) is 0 Å². The molecule has 0 aliphatic carbocycles. The number of halogens is 4. The van der Waals surface area contributed by atoms with Gasteiger partial charge in [-0.2, -0.15) is 13.2 Å². The zero-order valence-corrected chi connectivity index (χ0v) is 20.3. The Morgan fingerprint density at radius 1 is 1.00 bits per heavy atom. The van der Waals surface area contributed by atoms with E-state index in [9.17, 15) is 18.0 Å². The lowest BCUT2D eigenvalue weighted by molar-refractivity contribution is -0.137. The van der Waals surface area contributed by atoms with Gasteiger partial charge in [0.2, 0.25) is 11.8 Å². The van der Waals surface area contributed by atoms with Crippen molar-refractivity contribution in [2.75, 3.05) is 23.0 Å². The second-order valence-electron chi connectivity index (χ2n) is 7.73. The van der Waals surface area contributed by atoms with Crippen LogP contribution in [0.25, 0.3) is 11.3 Å². The third-order valence-electron chi connectivity index (χ3n) is 5.11. The first-order valence-corrected chi connectivity index (χ1v) is 11.2. The number of hydrogen-bond acceptors (Lipinski definition) is 6. The van der Waals surface area contributed by atoms with E-state index in [4.69, 9.17) is 16.3 Å². The molecule has 0 saturated carbocycles. The molecule has 0 atom stereocenters. The van der Waals surface area contributed by atoms with Crippen LogP contribution in [0.4, 0.5) is 35.3 Å². The SMILES string of the molecule is CNc1nccc(-c2cccnc2Oc2ccc(NC(=O)Nc3ccc(C(F)(F)F)cc3Cl)cc2C)n1. The third-order valence-corrected chi connectivity index (χ3v) is 5.42. The lowest BCUT2D eigenvalue weighted by atomic mass is 10.2. The fourth-order valence-electron chi connectivity index (χ4n) is 3.32. The van der Waals surface area contributed by atoms with E-state index in [1.165, 1.54) is 0 Å². The highest BCUT2D eigenvalue weighted by atomic mass is 35.5. The van der Waals surface area contributed by atoms with Crippen molar-refractivity contribution in [3.05, 3.63) is 83.1 Å². The Morgan fingerprint density at radius 2 is 1.81 bits per heavy atom. The van der Waals surface area contributed by atoms with Crippen LogP contribution in [0, 0.1) is 6.92 Å². The summed E-state index contributed by atoms with van der Waals surface area (Å²) in [5.41, 5.74) is 1.54. The second-order valence-corrected chi connectivity index (χ2v) is 8.13. The van der Waals surface area contributed by atoms with Crippen molar-refractivity contribution in [2.24, 2.45) is 0 Å². The molecule has 0 bridgehead atoms. The molecule has 2 aromatic carbocycles. The number of amides is 2. The molecule has 0 saturated heterocycles. The van der Waals surface area contributed by atoms with Crippen LogP contribution in [0.1, 0.15) is 11.1 Å². The topological polar surface area (TPSA) is 101 Å². The number of benzene rings is 2. The van der Waals surface area contributed by atoms with Crippen LogP contribution in [0.3, 0.4) is 0 Å². The number of alkyl halides is 3. The van der Waals surface area contributed by atoms with Crippen molar-refractivity contribution < 1.29 is 22.7 Å². The molecule has 0 fully saturated rings. The first kappa shape index (κ1) is 25.7. The molecule has 190 valence electrons. The molecule has 8 nitrogen and oxygen atoms in total. The molecule has 0 spiro atoms. The summed E-state index contributed by atoms with van der Waals surface area (Å²) in [5.74, 6) is 1.29. The van der Waals surface area contributed by atoms with Crippen LogP contribution < -0.4 is 20.7 Å². The fraction of sp³-hybridized carbons (Fsp3) is 0.120. The van der Waals surface area contributed by atoms with Crippen LogP contribution in [-0.4, -0.2) is 28.0 Å². The summed E-state index contributed by atoms with van der Waals surface area (Å²) < 4.78 is 44.5. The fourth-order valence-corrected chi connectivity index (χ4v) is 3.55. The summed E-state index contributed by atoms with van der Waals surface area (Å²) in [6.45, 7) is 1.79. The number of aromatic nitrogens is 3. The highest BCUT2D eigenvalue weighted by Gasteiger charge is 2.31. The van der Waals surface area contributed by atoms with Crippen molar-refractivity contribution >= 4 is 35.0 Å². The average Bonchev–Trinajstić information content (AvgIpc) is 2.86. The van der Waals surface area contributed by atoms with Gasteiger partial charge in [-0.1, -0.05) is 11.6 Å². The number of carbonyl (C=O) groups excluding carboxylic acids is 1. The van der Waals surface area contributed by atoms with Gasteiger partial charge in [-0.05, 0) is 67.1 Å². The summed E-state index contributed by atoms with van der Waals surface area (Å²) in [6.07, 6.45) is -1.31. The lowest BCUT2D eigenvalue weighted by Gasteiger charge is -2.14. The summed E-state index contributed by atoms with van der Waals surface area (Å²) in [5, 5.41) is 7.71. The standard InChI is InChI=1S/C25H20ClF3N6O2/c1-14-12-16(33-24(36)35-20-7-5-15(13-18(20)26)25(27,28)29)6-8-21(14)37-22-17(4-3-10-31-22)19-9-11-32-23(30-2)34-19/h3-13H,1-2H3,(H,30,32,34)(H2,33,35,36). The molecule has 0 radical (unpaired) electrons. The van der Waals surface area contributed by atoms with Gasteiger partial charge in [0.15, 0.2) is 0 Å². The maximum atomic E-state index is 12.8. The molecular formula is C25H20ClF3N6O2. The molecule has 2 heterocycles. The Morgan fingerprint density at radius 3 is 2.51 bits per heavy atom. The number of anilines is 3. The Kier molecular flexibility index (Phi) is 7.44. The molecule has 2 aromatic heterocycles. The number of hydrogen-bond donors (Lipinski definition) is 3. The monoisotopic (exact) mass is 528 g/mol. The highest BCUT2D eigenvalue weighted by Crippen LogP contribution is 2.35. The summed E-state index contributed by atoms with van der Waals surface area (Å²) in [7, 11) is 1.72. The van der Waals surface area contributed by atoms with Gasteiger partial charge in [0.25, 0.3) is 0 Å². The van der Waals surface area contributed by atoms with E-state index in [0.717, 1.165) is 18.2 Å². The molecule has 2 amide bonds. The first-order chi connectivity index (χ1) is 17.6. The van der Waals surface area contributed by atoms with Gasteiger partial charge in [-0.15, -0.1) is 0 Å². The van der Waals surface area contributed by atoms with Crippen molar-refractivity contribution in [1.82, 2.24) is 15.0 Å². The average molecular weight is 529 g/mol. The zero-order valence-electron chi connectivity index (χ0n) is 19.5. The zero-order chi connectivity index (χ0) is 26.6. The van der Waals surface area contributed by atoms with E-state index < -0.39 is 17.8 Å². The normalized spacial score (nSPS) is 11.1. The number of rotatable bonds is 6. The van der Waals surface area contributed by atoms with E-state index in [1.807, 2.05) is 6.07 Å². The Labute approximate surface area is 214 Å². The maximum Gasteiger partial charge on any atom is 0.416 e. The van der Waals surface area contributed by atoms with Crippen LogP contribution >= 0.6 is 11.6 Å². The van der Waals surface area contributed by atoms with Gasteiger partial charge in [-0.25, -0.2) is 19.7 Å². The van der Waals surface area contributed by atoms with Crippen molar-refractivity contribution in [1.29, 1.82) is 0 Å². The highest BCUT2D eigenvalue weighted by molar-refractivity contribution is 6.33. The van der Waals surface area contributed by atoms with Gasteiger partial charge in [0, 0.05) is 25.1 Å². The Bertz CT molecular complexity index is 1450. The number of nitrogens with zero attached hydrogens (tertiary/aromatic N) is 3. The molecule has 0 aliphatic heterocycles. The van der Waals surface area contributed by atoms with Gasteiger partial charge < -0.3 is 20.7 Å². The van der Waals surface area contributed by atoms with Crippen LogP contribution in [0.5, 0.6) is 11.6 Å². The minimum absolute atomic E-state index is 0.0395. The van der Waals surface area contributed by atoms with E-state index in [1.54, 1.807) is 56.7 Å². The number of urea groups is 1. The Balaban J connectivity index is 1.47. The Hall–Kier alpha value is -4.38. The second kappa shape index (κ2) is 10.7. The van der Waals surface area contributed by atoms with Gasteiger partial charge in [0.1, 0.15) is 5.75 Å². The predicted octanol–water partition coefficient (Wildman–Crippen LogP) is 7.00. The van der Waals surface area contributed by atoms with Crippen molar-refractivity contribution in [3.8, 4) is 22.9 Å². The van der Waals surface area contributed by atoms with Gasteiger partial charge in [-0.3, -0.25) is 0 Å². The van der Waals surface area contributed by atoms with Gasteiger partial charge in [0.05, 0.1) is 27.5 Å². The quantitative estimate of drug-likeness (QED) is 0.249. The molecule has 4 aromatic rings. The van der Waals surface area contributed by atoms with Crippen LogP contribution in [0.2, 0.25) is 5.02 Å². The number of pyridine rings is 1. The van der Waals surface area contributed by atoms with E-state index in [2.05, 4.69) is 30.9 Å². The van der Waals surface area contributed by atoms with E-state index in [0.29, 0.717) is 40.1 Å². The number of carbonyl (C=O) groups is 1. The first-order valence-electron chi connectivity index (χ1n) is 10.8. The minimum Gasteiger partial charge on any atom is -0.438 e. The molecule has 0 unspecified atom stereocenters. The minimum atomic E-state index is -4.54.